The molecule has 5 nitrogen and oxygen atoms in total. The number of para-hydroxylation sites is 1. The highest BCUT2D eigenvalue weighted by Crippen LogP contribution is 2.27. The molecule has 7 heteroatoms. The van der Waals surface area contributed by atoms with Gasteiger partial charge in [0.2, 0.25) is 0 Å². The third kappa shape index (κ3) is 3.60. The van der Waals surface area contributed by atoms with Crippen LogP contribution in [0.4, 0.5) is 5.69 Å². The zero-order chi connectivity index (χ0) is 20.5. The van der Waals surface area contributed by atoms with Crippen LogP contribution in [-0.2, 0) is 9.59 Å². The number of nitrogens with one attached hydrogen (secondary N) is 1. The molecule has 1 aliphatic rings. The molecule has 0 atom stereocenters. The Hall–Kier alpha value is -3.22. The molecule has 1 aromatic heterocycles. The van der Waals surface area contributed by atoms with Crippen LogP contribution in [0.15, 0.2) is 72.4 Å². The highest BCUT2D eigenvalue weighted by Gasteiger charge is 2.34. The van der Waals surface area contributed by atoms with Crippen LogP contribution >= 0.6 is 23.8 Å². The average molecular weight is 422 g/mol. The molecule has 1 fully saturated rings. The van der Waals surface area contributed by atoms with E-state index in [1.807, 2.05) is 60.2 Å². The Labute approximate surface area is 178 Å². The zero-order valence-corrected chi connectivity index (χ0v) is 17.0. The van der Waals surface area contributed by atoms with E-state index in [2.05, 4.69) is 5.32 Å². The van der Waals surface area contributed by atoms with E-state index in [-0.39, 0.29) is 10.7 Å². The average Bonchev–Trinajstić information content (AvgIpc) is 3.17. The summed E-state index contributed by atoms with van der Waals surface area (Å²) in [6.07, 6.45) is 3.43. The van der Waals surface area contributed by atoms with Gasteiger partial charge in [-0.05, 0) is 67.2 Å². The van der Waals surface area contributed by atoms with Crippen molar-refractivity contribution in [1.82, 2.24) is 9.88 Å². The standard InChI is InChI=1S/C22H16ClN3O2S/c1-14-9-10-17(13-19(14)23)26-21(28)18(20(27)24-22(26)29)12-16-8-5-11-25(16)15-6-3-2-4-7-15/h2-13H,1H3,(H,24,27,29)/b18-12+. The molecule has 2 amide bonds. The zero-order valence-electron chi connectivity index (χ0n) is 15.4. The summed E-state index contributed by atoms with van der Waals surface area (Å²) in [6, 6.07) is 18.5. The first-order valence-electron chi connectivity index (χ1n) is 8.86. The lowest BCUT2D eigenvalue weighted by Crippen LogP contribution is -2.54. The lowest BCUT2D eigenvalue weighted by molar-refractivity contribution is -0.122. The predicted molar refractivity (Wildman–Crippen MR) is 118 cm³/mol. The Balaban J connectivity index is 1.75. The number of aryl methyl sites for hydroxylation is 1. The second kappa shape index (κ2) is 7.66. The highest BCUT2D eigenvalue weighted by atomic mass is 35.5. The van der Waals surface area contributed by atoms with Crippen molar-refractivity contribution >= 4 is 52.5 Å². The minimum Gasteiger partial charge on any atom is -0.317 e. The first-order valence-corrected chi connectivity index (χ1v) is 9.65. The summed E-state index contributed by atoms with van der Waals surface area (Å²) in [4.78, 5) is 27.0. The fourth-order valence-electron chi connectivity index (χ4n) is 3.10. The summed E-state index contributed by atoms with van der Waals surface area (Å²) < 4.78 is 1.90. The molecule has 144 valence electrons. The van der Waals surface area contributed by atoms with E-state index < -0.39 is 11.8 Å². The van der Waals surface area contributed by atoms with E-state index >= 15 is 0 Å². The number of carbonyl (C=O) groups is 2. The van der Waals surface area contributed by atoms with Crippen molar-refractivity contribution in [1.29, 1.82) is 0 Å². The quantitative estimate of drug-likeness (QED) is 0.390. The van der Waals surface area contributed by atoms with Gasteiger partial charge < -0.3 is 4.57 Å². The Bertz CT molecular complexity index is 1170. The first kappa shape index (κ1) is 19.1. The fraction of sp³-hybridized carbons (Fsp3) is 0.0455. The monoisotopic (exact) mass is 421 g/mol. The molecule has 1 N–H and O–H groups in total. The third-order valence-corrected chi connectivity index (χ3v) is 5.31. The lowest BCUT2D eigenvalue weighted by Gasteiger charge is -2.29. The van der Waals surface area contributed by atoms with E-state index in [4.69, 9.17) is 23.8 Å². The molecule has 29 heavy (non-hydrogen) atoms. The number of carbonyl (C=O) groups excluding carboxylic acids is 2. The number of hydrogen-bond acceptors (Lipinski definition) is 3. The van der Waals surface area contributed by atoms with Crippen molar-refractivity contribution in [2.45, 2.75) is 6.92 Å². The molecule has 0 radical (unpaired) electrons. The van der Waals surface area contributed by atoms with Crippen LogP contribution in [0, 0.1) is 6.92 Å². The van der Waals surface area contributed by atoms with E-state index in [0.717, 1.165) is 11.3 Å². The summed E-state index contributed by atoms with van der Waals surface area (Å²) in [5.74, 6) is -1.03. The molecule has 1 saturated heterocycles. The summed E-state index contributed by atoms with van der Waals surface area (Å²) >= 11 is 11.5. The fourth-order valence-corrected chi connectivity index (χ4v) is 3.55. The number of aromatic nitrogens is 1. The predicted octanol–water partition coefficient (Wildman–Crippen LogP) is 4.27. The van der Waals surface area contributed by atoms with Crippen molar-refractivity contribution in [3.63, 3.8) is 0 Å². The van der Waals surface area contributed by atoms with Crippen molar-refractivity contribution < 1.29 is 9.59 Å². The molecule has 2 heterocycles. The topological polar surface area (TPSA) is 54.3 Å². The number of rotatable bonds is 3. The SMILES string of the molecule is Cc1ccc(N2C(=O)/C(=C/c3cccn3-c3ccccc3)C(=O)NC2=S)cc1Cl. The van der Waals surface area contributed by atoms with Crippen LogP contribution in [0.25, 0.3) is 11.8 Å². The summed E-state index contributed by atoms with van der Waals surface area (Å²) in [5.41, 5.74) is 2.99. The molecule has 0 saturated carbocycles. The lowest BCUT2D eigenvalue weighted by atomic mass is 10.1. The number of amides is 2. The van der Waals surface area contributed by atoms with Gasteiger partial charge in [0.25, 0.3) is 11.8 Å². The molecular weight excluding hydrogens is 406 g/mol. The molecular formula is C22H16ClN3O2S. The molecule has 0 bridgehead atoms. The van der Waals surface area contributed by atoms with Crippen LogP contribution in [0.2, 0.25) is 5.02 Å². The maximum Gasteiger partial charge on any atom is 0.270 e. The summed E-state index contributed by atoms with van der Waals surface area (Å²) in [7, 11) is 0. The molecule has 3 aromatic rings. The number of hydrogen-bond donors (Lipinski definition) is 1. The summed E-state index contributed by atoms with van der Waals surface area (Å²) in [6.45, 7) is 1.87. The molecule has 2 aromatic carbocycles. The van der Waals surface area contributed by atoms with E-state index in [9.17, 15) is 9.59 Å². The molecule has 4 rings (SSSR count). The number of anilines is 1. The first-order chi connectivity index (χ1) is 14.0. The Morgan fingerprint density at radius 3 is 2.48 bits per heavy atom. The van der Waals surface area contributed by atoms with Gasteiger partial charge in [-0.25, -0.2) is 0 Å². The van der Waals surface area contributed by atoms with Gasteiger partial charge in [-0.3, -0.25) is 19.8 Å². The Morgan fingerprint density at radius 1 is 1.00 bits per heavy atom. The van der Waals surface area contributed by atoms with Crippen molar-refractivity contribution in [2.24, 2.45) is 0 Å². The Kier molecular flexibility index (Phi) is 5.05. The van der Waals surface area contributed by atoms with Gasteiger partial charge in [-0.1, -0.05) is 35.9 Å². The van der Waals surface area contributed by atoms with Gasteiger partial charge in [0.15, 0.2) is 5.11 Å². The van der Waals surface area contributed by atoms with Crippen LogP contribution in [0.3, 0.4) is 0 Å². The molecule has 1 aliphatic heterocycles. The van der Waals surface area contributed by atoms with Crippen molar-refractivity contribution in [3.8, 4) is 5.69 Å². The third-order valence-electron chi connectivity index (χ3n) is 4.62. The minimum atomic E-state index is -0.532. The smallest absolute Gasteiger partial charge is 0.270 e. The van der Waals surface area contributed by atoms with Gasteiger partial charge in [-0.2, -0.15) is 0 Å². The van der Waals surface area contributed by atoms with Crippen molar-refractivity contribution in [3.05, 3.63) is 88.7 Å². The summed E-state index contributed by atoms with van der Waals surface area (Å²) in [5, 5.41) is 3.13. The van der Waals surface area contributed by atoms with Gasteiger partial charge in [0, 0.05) is 22.6 Å². The normalized spacial score (nSPS) is 15.7. The number of thiocarbonyl (C=S) groups is 1. The second-order valence-corrected chi connectivity index (χ2v) is 7.32. The van der Waals surface area contributed by atoms with Crippen molar-refractivity contribution in [2.75, 3.05) is 4.90 Å². The Morgan fingerprint density at radius 2 is 1.76 bits per heavy atom. The minimum absolute atomic E-state index is 0.00817. The van der Waals surface area contributed by atoms with E-state index in [1.165, 1.54) is 4.90 Å². The van der Waals surface area contributed by atoms with Crippen LogP contribution < -0.4 is 10.2 Å². The van der Waals surface area contributed by atoms with Gasteiger partial charge in [0.05, 0.1) is 5.69 Å². The molecule has 0 unspecified atom stereocenters. The van der Waals surface area contributed by atoms with E-state index in [1.54, 1.807) is 24.3 Å². The van der Waals surface area contributed by atoms with Crippen LogP contribution in [0.5, 0.6) is 0 Å². The molecule has 0 aliphatic carbocycles. The number of nitrogens with zero attached hydrogens (tertiary/aromatic N) is 2. The van der Waals surface area contributed by atoms with Crippen LogP contribution in [-0.4, -0.2) is 21.5 Å². The maximum absolute atomic E-state index is 13.2. The number of halogens is 1. The molecule has 0 spiro atoms. The largest absolute Gasteiger partial charge is 0.317 e. The van der Waals surface area contributed by atoms with Gasteiger partial charge in [0.1, 0.15) is 5.57 Å². The van der Waals surface area contributed by atoms with Crippen LogP contribution in [0.1, 0.15) is 11.3 Å². The highest BCUT2D eigenvalue weighted by molar-refractivity contribution is 7.80. The van der Waals surface area contributed by atoms with Gasteiger partial charge in [-0.15, -0.1) is 0 Å². The maximum atomic E-state index is 13.2. The number of benzene rings is 2. The van der Waals surface area contributed by atoms with Gasteiger partial charge >= 0.3 is 0 Å². The van der Waals surface area contributed by atoms with E-state index in [0.29, 0.717) is 16.4 Å². The second-order valence-electron chi connectivity index (χ2n) is 6.53.